The largest absolute Gasteiger partial charge is 0.460 e. The molecular weight excluding hydrogens is 374 g/mol. The molecule has 1 saturated heterocycles. The van der Waals surface area contributed by atoms with Crippen molar-refractivity contribution in [3.63, 3.8) is 0 Å². The van der Waals surface area contributed by atoms with Crippen molar-refractivity contribution in [2.75, 3.05) is 26.2 Å². The second-order valence-electron chi connectivity index (χ2n) is 11.3. The van der Waals surface area contributed by atoms with E-state index in [-0.39, 0.29) is 17.5 Å². The van der Waals surface area contributed by atoms with Gasteiger partial charge >= 0.3 is 5.97 Å². The van der Waals surface area contributed by atoms with Crippen LogP contribution in [0.25, 0.3) is 0 Å². The molecule has 1 heterocycles. The van der Waals surface area contributed by atoms with E-state index in [1.165, 1.54) is 64.2 Å². The van der Waals surface area contributed by atoms with Crippen LogP contribution in [0.15, 0.2) is 0 Å². The Morgan fingerprint density at radius 3 is 2.13 bits per heavy atom. The molecule has 0 unspecified atom stereocenters. The Kier molecular flexibility index (Phi) is 9.50. The number of rotatable bonds is 8. The molecular formula is C26H47NO3. The number of nitrogens with zero attached hydrogens (tertiary/aromatic N) is 1. The van der Waals surface area contributed by atoms with E-state index in [9.17, 15) is 4.79 Å². The van der Waals surface area contributed by atoms with Crippen LogP contribution in [0.3, 0.4) is 0 Å². The van der Waals surface area contributed by atoms with Gasteiger partial charge in [0.2, 0.25) is 0 Å². The van der Waals surface area contributed by atoms with Gasteiger partial charge in [-0.25, -0.2) is 0 Å². The zero-order valence-electron chi connectivity index (χ0n) is 20.0. The van der Waals surface area contributed by atoms with E-state index in [4.69, 9.17) is 9.47 Å². The topological polar surface area (TPSA) is 38.8 Å². The summed E-state index contributed by atoms with van der Waals surface area (Å²) >= 11 is 0. The van der Waals surface area contributed by atoms with Gasteiger partial charge in [0, 0.05) is 13.2 Å². The molecule has 0 N–H and O–H groups in total. The molecule has 2 aliphatic carbocycles. The molecule has 174 valence electrons. The summed E-state index contributed by atoms with van der Waals surface area (Å²) < 4.78 is 11.8. The first-order valence-corrected chi connectivity index (χ1v) is 13.0. The Labute approximate surface area is 185 Å². The van der Waals surface area contributed by atoms with Crippen molar-refractivity contribution in [2.45, 2.75) is 116 Å². The van der Waals surface area contributed by atoms with E-state index in [1.807, 2.05) is 20.8 Å². The summed E-state index contributed by atoms with van der Waals surface area (Å²) in [6.07, 6.45) is 17.7. The standard InChI is InChI=1S/C26H47NO3/c1-26(2,3)30-25(28)23-14-17-27(18-15-23)16-7-19-29-24-12-10-22(11-13-24)20-21-8-5-4-6-9-21/h21-24H,4-20H2,1-3H3. The summed E-state index contributed by atoms with van der Waals surface area (Å²) in [7, 11) is 0. The third kappa shape index (κ3) is 8.49. The Morgan fingerprint density at radius 1 is 0.867 bits per heavy atom. The molecule has 0 aromatic rings. The molecule has 1 aliphatic heterocycles. The predicted octanol–water partition coefficient (Wildman–Crippen LogP) is 5.98. The molecule has 4 nitrogen and oxygen atoms in total. The molecule has 2 saturated carbocycles. The van der Waals surface area contributed by atoms with E-state index >= 15 is 0 Å². The van der Waals surface area contributed by atoms with E-state index in [0.717, 1.165) is 57.3 Å². The van der Waals surface area contributed by atoms with Gasteiger partial charge < -0.3 is 14.4 Å². The van der Waals surface area contributed by atoms with Gasteiger partial charge in [0.1, 0.15) is 5.60 Å². The molecule has 3 rings (SSSR count). The second kappa shape index (κ2) is 11.9. The minimum atomic E-state index is -0.374. The van der Waals surface area contributed by atoms with Crippen molar-refractivity contribution in [1.29, 1.82) is 0 Å². The fraction of sp³-hybridized carbons (Fsp3) is 0.962. The summed E-state index contributed by atoms with van der Waals surface area (Å²) in [5, 5.41) is 0. The molecule has 3 fully saturated rings. The molecule has 30 heavy (non-hydrogen) atoms. The minimum absolute atomic E-state index is 0.00965. The van der Waals surface area contributed by atoms with Crippen LogP contribution in [0.2, 0.25) is 0 Å². The van der Waals surface area contributed by atoms with Gasteiger partial charge in [-0.05, 0) is 97.1 Å². The highest BCUT2D eigenvalue weighted by atomic mass is 16.6. The fourth-order valence-electron chi connectivity index (χ4n) is 5.74. The molecule has 0 atom stereocenters. The summed E-state index contributed by atoms with van der Waals surface area (Å²) in [4.78, 5) is 14.7. The second-order valence-corrected chi connectivity index (χ2v) is 11.3. The zero-order chi connectivity index (χ0) is 21.4. The van der Waals surface area contributed by atoms with Crippen LogP contribution < -0.4 is 0 Å². The number of hydrogen-bond acceptors (Lipinski definition) is 4. The Bertz CT molecular complexity index is 493. The number of carbonyl (C=O) groups excluding carboxylic acids is 1. The number of carbonyl (C=O) groups is 1. The average Bonchev–Trinajstić information content (AvgIpc) is 2.72. The zero-order valence-corrected chi connectivity index (χ0v) is 20.0. The third-order valence-electron chi connectivity index (χ3n) is 7.49. The lowest BCUT2D eigenvalue weighted by molar-refractivity contribution is -0.161. The lowest BCUT2D eigenvalue weighted by Crippen LogP contribution is -2.39. The summed E-state index contributed by atoms with van der Waals surface area (Å²) in [5.41, 5.74) is -0.374. The first kappa shape index (κ1) is 24.0. The fourth-order valence-corrected chi connectivity index (χ4v) is 5.74. The SMILES string of the molecule is CC(C)(C)OC(=O)C1CCN(CCCOC2CCC(CC3CCCCC3)CC2)CC1. The third-order valence-corrected chi connectivity index (χ3v) is 7.49. The highest BCUT2D eigenvalue weighted by Crippen LogP contribution is 2.36. The molecule has 4 heteroatoms. The number of hydrogen-bond donors (Lipinski definition) is 0. The normalized spacial score (nSPS) is 27.8. The summed E-state index contributed by atoms with van der Waals surface area (Å²) in [5.74, 6) is 2.07. The van der Waals surface area contributed by atoms with E-state index in [0.29, 0.717) is 6.10 Å². The smallest absolute Gasteiger partial charge is 0.309 e. The summed E-state index contributed by atoms with van der Waals surface area (Å²) in [6.45, 7) is 9.85. The van der Waals surface area contributed by atoms with Gasteiger partial charge in [-0.15, -0.1) is 0 Å². The number of likely N-dealkylation sites (tertiary alicyclic amines) is 1. The molecule has 0 bridgehead atoms. The summed E-state index contributed by atoms with van der Waals surface area (Å²) in [6, 6.07) is 0. The highest BCUT2D eigenvalue weighted by molar-refractivity contribution is 5.73. The van der Waals surface area contributed by atoms with Gasteiger partial charge in [0.15, 0.2) is 0 Å². The van der Waals surface area contributed by atoms with Crippen LogP contribution in [0.1, 0.15) is 104 Å². The van der Waals surface area contributed by atoms with Crippen molar-refractivity contribution in [2.24, 2.45) is 17.8 Å². The lowest BCUT2D eigenvalue weighted by Gasteiger charge is -2.33. The number of ether oxygens (including phenoxy) is 2. The van der Waals surface area contributed by atoms with Crippen LogP contribution in [0.4, 0.5) is 0 Å². The first-order valence-electron chi connectivity index (χ1n) is 13.0. The van der Waals surface area contributed by atoms with Crippen LogP contribution in [0, 0.1) is 17.8 Å². The van der Waals surface area contributed by atoms with Crippen molar-refractivity contribution in [3.05, 3.63) is 0 Å². The van der Waals surface area contributed by atoms with Gasteiger partial charge in [0.25, 0.3) is 0 Å². The van der Waals surface area contributed by atoms with Gasteiger partial charge in [-0.2, -0.15) is 0 Å². The number of piperidine rings is 1. The quantitative estimate of drug-likeness (QED) is 0.357. The lowest BCUT2D eigenvalue weighted by atomic mass is 9.77. The van der Waals surface area contributed by atoms with Gasteiger partial charge in [-0.3, -0.25) is 4.79 Å². The molecule has 0 aromatic carbocycles. The minimum Gasteiger partial charge on any atom is -0.460 e. The molecule has 0 amide bonds. The van der Waals surface area contributed by atoms with Crippen LogP contribution in [-0.4, -0.2) is 48.8 Å². The Balaban J connectivity index is 1.21. The molecule has 3 aliphatic rings. The van der Waals surface area contributed by atoms with E-state index in [1.54, 1.807) is 0 Å². The molecule has 0 spiro atoms. The number of esters is 1. The Hall–Kier alpha value is -0.610. The van der Waals surface area contributed by atoms with E-state index in [2.05, 4.69) is 4.90 Å². The first-order chi connectivity index (χ1) is 14.4. The van der Waals surface area contributed by atoms with Crippen molar-refractivity contribution >= 4 is 5.97 Å². The van der Waals surface area contributed by atoms with Crippen LogP contribution in [0.5, 0.6) is 0 Å². The maximum absolute atomic E-state index is 12.2. The van der Waals surface area contributed by atoms with E-state index < -0.39 is 0 Å². The maximum atomic E-state index is 12.2. The Morgan fingerprint density at radius 2 is 1.50 bits per heavy atom. The van der Waals surface area contributed by atoms with Crippen LogP contribution in [-0.2, 0) is 14.3 Å². The highest BCUT2D eigenvalue weighted by Gasteiger charge is 2.29. The van der Waals surface area contributed by atoms with Crippen molar-refractivity contribution < 1.29 is 14.3 Å². The van der Waals surface area contributed by atoms with Gasteiger partial charge in [-0.1, -0.05) is 32.1 Å². The van der Waals surface area contributed by atoms with Crippen LogP contribution >= 0.6 is 0 Å². The monoisotopic (exact) mass is 421 g/mol. The average molecular weight is 422 g/mol. The van der Waals surface area contributed by atoms with Crippen molar-refractivity contribution in [3.8, 4) is 0 Å². The van der Waals surface area contributed by atoms with Crippen molar-refractivity contribution in [1.82, 2.24) is 4.90 Å². The molecule has 0 aromatic heterocycles. The maximum Gasteiger partial charge on any atom is 0.309 e. The molecule has 0 radical (unpaired) electrons. The van der Waals surface area contributed by atoms with Gasteiger partial charge in [0.05, 0.1) is 12.0 Å². The predicted molar refractivity (Wildman–Crippen MR) is 123 cm³/mol.